The number of ether oxygens (including phenoxy) is 1. The van der Waals surface area contributed by atoms with Gasteiger partial charge in [-0.2, -0.15) is 0 Å². The van der Waals surface area contributed by atoms with Gasteiger partial charge >= 0.3 is 0 Å². The highest BCUT2D eigenvalue weighted by Crippen LogP contribution is 2.23. The van der Waals surface area contributed by atoms with Crippen LogP contribution in [0.25, 0.3) is 0 Å². The second-order valence-electron chi connectivity index (χ2n) is 4.49. The van der Waals surface area contributed by atoms with Crippen molar-refractivity contribution in [2.45, 2.75) is 19.6 Å². The van der Waals surface area contributed by atoms with Gasteiger partial charge in [0.1, 0.15) is 0 Å². The average Bonchev–Trinajstić information content (AvgIpc) is 2.42. The van der Waals surface area contributed by atoms with Gasteiger partial charge in [0, 0.05) is 8.90 Å². The summed E-state index contributed by atoms with van der Waals surface area (Å²) in [5, 5.41) is 0. The largest absolute Gasteiger partial charge is 0.368 e. The summed E-state index contributed by atoms with van der Waals surface area (Å²) in [5.41, 5.74) is 3.73. The molecule has 0 heterocycles. The second kappa shape index (κ2) is 7.41. The van der Waals surface area contributed by atoms with Gasteiger partial charge in [0.25, 0.3) is 0 Å². The van der Waals surface area contributed by atoms with Gasteiger partial charge in [-0.3, -0.25) is 0 Å². The van der Waals surface area contributed by atoms with Crippen molar-refractivity contribution in [1.82, 2.24) is 0 Å². The number of halogens is 2. The number of rotatable bonds is 5. The molecule has 2 aromatic rings. The van der Waals surface area contributed by atoms with E-state index in [0.29, 0.717) is 6.61 Å². The Morgan fingerprint density at radius 2 is 1.89 bits per heavy atom. The summed E-state index contributed by atoms with van der Waals surface area (Å²) >= 11 is 5.82. The minimum Gasteiger partial charge on any atom is -0.368 e. The van der Waals surface area contributed by atoms with Gasteiger partial charge in [-0.15, -0.1) is 0 Å². The Hall–Kier alpha value is -0.390. The summed E-state index contributed by atoms with van der Waals surface area (Å²) in [7, 11) is 0. The zero-order valence-corrected chi connectivity index (χ0v) is 14.5. The van der Waals surface area contributed by atoms with E-state index >= 15 is 0 Å². The molecule has 0 aliphatic carbocycles. The normalized spacial score (nSPS) is 12.4. The molecule has 0 fully saturated rings. The van der Waals surface area contributed by atoms with E-state index in [9.17, 15) is 0 Å². The van der Waals surface area contributed by atoms with Crippen LogP contribution in [0.4, 0.5) is 0 Å². The topological polar surface area (TPSA) is 9.23 Å². The lowest BCUT2D eigenvalue weighted by Crippen LogP contribution is -2.06. The van der Waals surface area contributed by atoms with Crippen molar-refractivity contribution in [3.63, 3.8) is 0 Å². The molecule has 0 radical (unpaired) electrons. The molecule has 2 aromatic carbocycles. The van der Waals surface area contributed by atoms with Gasteiger partial charge in [0.15, 0.2) is 0 Å². The van der Waals surface area contributed by atoms with Crippen LogP contribution in [0, 0.1) is 6.92 Å². The molecular weight excluding hydrogens is 415 g/mol. The lowest BCUT2D eigenvalue weighted by molar-refractivity contribution is 0.0577. The van der Waals surface area contributed by atoms with Crippen LogP contribution in [0.5, 0.6) is 0 Å². The highest BCUT2D eigenvalue weighted by atomic mass is 127. The van der Waals surface area contributed by atoms with Gasteiger partial charge in [0.2, 0.25) is 0 Å². The maximum Gasteiger partial charge on any atom is 0.0918 e. The summed E-state index contributed by atoms with van der Waals surface area (Å²) in [6, 6.07) is 16.8. The van der Waals surface area contributed by atoms with Crippen molar-refractivity contribution in [3.05, 3.63) is 69.7 Å². The number of alkyl halides is 1. The highest BCUT2D eigenvalue weighted by Gasteiger charge is 2.10. The molecule has 0 saturated heterocycles. The van der Waals surface area contributed by atoms with Gasteiger partial charge in [-0.05, 0) is 30.2 Å². The first-order chi connectivity index (χ1) is 9.19. The molecule has 0 bridgehead atoms. The molecule has 0 N–H and O–H groups in total. The fraction of sp³-hybridized carbons (Fsp3) is 0.250. The first kappa shape index (κ1) is 15.0. The van der Waals surface area contributed by atoms with Crippen LogP contribution < -0.4 is 0 Å². The Bertz CT molecular complexity index is 525. The Labute approximate surface area is 136 Å². The lowest BCUT2D eigenvalue weighted by Gasteiger charge is -2.16. The van der Waals surface area contributed by atoms with Crippen molar-refractivity contribution >= 4 is 38.5 Å². The first-order valence-corrected chi connectivity index (χ1v) is 8.49. The van der Waals surface area contributed by atoms with Crippen molar-refractivity contribution in [1.29, 1.82) is 0 Å². The number of benzene rings is 2. The molecule has 0 aliphatic rings. The van der Waals surface area contributed by atoms with Crippen LogP contribution >= 0.6 is 38.5 Å². The van der Waals surface area contributed by atoms with E-state index in [1.54, 1.807) is 0 Å². The van der Waals surface area contributed by atoms with E-state index < -0.39 is 0 Å². The molecular formula is C16H16BrIO. The minimum atomic E-state index is 0.157. The molecule has 1 nitrogen and oxygen atoms in total. The Morgan fingerprint density at radius 3 is 2.53 bits per heavy atom. The quantitative estimate of drug-likeness (QED) is 0.452. The maximum atomic E-state index is 6.04. The SMILES string of the molecule is Cc1cccc(C(CI)OCc2ccc(Br)cc2)c1. The zero-order valence-electron chi connectivity index (χ0n) is 10.8. The molecule has 19 heavy (non-hydrogen) atoms. The third-order valence-electron chi connectivity index (χ3n) is 2.92. The Balaban J connectivity index is 2.01. The molecule has 100 valence electrons. The van der Waals surface area contributed by atoms with Crippen molar-refractivity contribution in [2.75, 3.05) is 4.43 Å². The molecule has 2 rings (SSSR count). The van der Waals surface area contributed by atoms with Gasteiger partial charge < -0.3 is 4.74 Å². The van der Waals surface area contributed by atoms with Gasteiger partial charge in [-0.1, -0.05) is 80.5 Å². The number of hydrogen-bond acceptors (Lipinski definition) is 1. The molecule has 1 unspecified atom stereocenters. The summed E-state index contributed by atoms with van der Waals surface area (Å²) < 4.78 is 8.09. The minimum absolute atomic E-state index is 0.157. The van der Waals surface area contributed by atoms with Crippen molar-refractivity contribution in [3.8, 4) is 0 Å². The molecule has 1 atom stereocenters. The molecule has 3 heteroatoms. The van der Waals surface area contributed by atoms with E-state index in [1.165, 1.54) is 16.7 Å². The summed E-state index contributed by atoms with van der Waals surface area (Å²) in [6.07, 6.45) is 0.157. The summed E-state index contributed by atoms with van der Waals surface area (Å²) in [5.74, 6) is 0. The summed E-state index contributed by atoms with van der Waals surface area (Å²) in [6.45, 7) is 2.76. The molecule has 0 aliphatic heterocycles. The average molecular weight is 431 g/mol. The fourth-order valence-electron chi connectivity index (χ4n) is 1.88. The highest BCUT2D eigenvalue weighted by molar-refractivity contribution is 14.1. The van der Waals surface area contributed by atoms with Crippen LogP contribution in [0.3, 0.4) is 0 Å². The maximum absolute atomic E-state index is 6.04. The van der Waals surface area contributed by atoms with E-state index in [-0.39, 0.29) is 6.10 Å². The third kappa shape index (κ3) is 4.58. The first-order valence-electron chi connectivity index (χ1n) is 6.17. The summed E-state index contributed by atoms with van der Waals surface area (Å²) in [4.78, 5) is 0. The van der Waals surface area contributed by atoms with E-state index in [2.05, 4.69) is 81.8 Å². The fourth-order valence-corrected chi connectivity index (χ4v) is 2.90. The lowest BCUT2D eigenvalue weighted by atomic mass is 10.1. The van der Waals surface area contributed by atoms with E-state index in [4.69, 9.17) is 4.74 Å². The van der Waals surface area contributed by atoms with Gasteiger partial charge in [0.05, 0.1) is 12.7 Å². The smallest absolute Gasteiger partial charge is 0.0918 e. The van der Waals surface area contributed by atoms with Crippen molar-refractivity contribution in [2.24, 2.45) is 0 Å². The van der Waals surface area contributed by atoms with E-state index in [0.717, 1.165) is 8.90 Å². The standard InChI is InChI=1S/C16H16BrIO/c1-12-3-2-4-14(9-12)16(10-18)19-11-13-5-7-15(17)8-6-13/h2-9,16H,10-11H2,1H3. The van der Waals surface area contributed by atoms with Crippen LogP contribution in [-0.4, -0.2) is 4.43 Å². The number of aryl methyl sites for hydroxylation is 1. The second-order valence-corrected chi connectivity index (χ2v) is 6.29. The van der Waals surface area contributed by atoms with Gasteiger partial charge in [-0.25, -0.2) is 0 Å². The molecule has 0 amide bonds. The Morgan fingerprint density at radius 1 is 1.16 bits per heavy atom. The number of hydrogen-bond donors (Lipinski definition) is 0. The Kier molecular flexibility index (Phi) is 5.85. The molecule has 0 aromatic heterocycles. The molecule has 0 spiro atoms. The van der Waals surface area contributed by atoms with Crippen LogP contribution in [-0.2, 0) is 11.3 Å². The third-order valence-corrected chi connectivity index (χ3v) is 4.25. The zero-order chi connectivity index (χ0) is 13.7. The monoisotopic (exact) mass is 430 g/mol. The van der Waals surface area contributed by atoms with Crippen LogP contribution in [0.1, 0.15) is 22.8 Å². The van der Waals surface area contributed by atoms with Crippen LogP contribution in [0.2, 0.25) is 0 Å². The predicted octanol–water partition coefficient (Wildman–Crippen LogP) is 5.45. The molecule has 0 saturated carbocycles. The van der Waals surface area contributed by atoms with Crippen LogP contribution in [0.15, 0.2) is 53.0 Å². The predicted molar refractivity (Wildman–Crippen MR) is 91.7 cm³/mol. The van der Waals surface area contributed by atoms with E-state index in [1.807, 2.05) is 12.1 Å². The van der Waals surface area contributed by atoms with Crippen molar-refractivity contribution < 1.29 is 4.74 Å².